The molecule has 0 aliphatic rings. The van der Waals surface area contributed by atoms with Crippen LogP contribution in [-0.2, 0) is 19.8 Å². The molecule has 148 valence electrons. The summed E-state index contributed by atoms with van der Waals surface area (Å²) in [5.41, 5.74) is 1.22. The normalized spacial score (nSPS) is 11.8. The van der Waals surface area contributed by atoms with E-state index < -0.39 is 11.9 Å². The first-order valence-corrected chi connectivity index (χ1v) is 8.90. The summed E-state index contributed by atoms with van der Waals surface area (Å²) in [4.78, 5) is 16.1. The van der Waals surface area contributed by atoms with Gasteiger partial charge in [-0.3, -0.25) is 4.98 Å². The van der Waals surface area contributed by atoms with Gasteiger partial charge in [-0.2, -0.15) is 13.2 Å². The van der Waals surface area contributed by atoms with E-state index >= 15 is 0 Å². The summed E-state index contributed by atoms with van der Waals surface area (Å²) in [6.45, 7) is 0.444. The zero-order valence-electron chi connectivity index (χ0n) is 15.1. The van der Waals surface area contributed by atoms with Crippen molar-refractivity contribution in [2.75, 3.05) is 5.32 Å². The Morgan fingerprint density at radius 2 is 1.83 bits per heavy atom. The van der Waals surface area contributed by atoms with Crippen molar-refractivity contribution < 1.29 is 13.2 Å². The molecule has 6 nitrogen and oxygen atoms in total. The van der Waals surface area contributed by atoms with Crippen molar-refractivity contribution in [2.45, 2.75) is 12.7 Å². The van der Waals surface area contributed by atoms with Gasteiger partial charge in [-0.05, 0) is 23.2 Å². The van der Waals surface area contributed by atoms with E-state index in [2.05, 4.69) is 25.3 Å². The van der Waals surface area contributed by atoms with Crippen LogP contribution in [0, 0.1) is 0 Å². The quantitative estimate of drug-likeness (QED) is 0.486. The van der Waals surface area contributed by atoms with Crippen LogP contribution in [0.4, 0.5) is 19.0 Å². The molecule has 4 aromatic rings. The summed E-state index contributed by atoms with van der Waals surface area (Å²) < 4.78 is 39.9. The Morgan fingerprint density at radius 3 is 2.52 bits per heavy atom. The van der Waals surface area contributed by atoms with Crippen LogP contribution >= 0.6 is 11.6 Å². The number of rotatable bonds is 4. The van der Waals surface area contributed by atoms with Gasteiger partial charge in [0.05, 0.1) is 11.7 Å². The molecular weight excluding hydrogens is 405 g/mol. The van der Waals surface area contributed by atoms with Crippen LogP contribution in [0.1, 0.15) is 11.3 Å². The van der Waals surface area contributed by atoms with Crippen molar-refractivity contribution in [2.24, 2.45) is 7.05 Å². The highest BCUT2D eigenvalue weighted by molar-refractivity contribution is 6.28. The Kier molecular flexibility index (Phi) is 4.83. The fourth-order valence-electron chi connectivity index (χ4n) is 2.92. The third-order valence-electron chi connectivity index (χ3n) is 4.31. The minimum absolute atomic E-state index is 0.110. The van der Waals surface area contributed by atoms with E-state index in [0.29, 0.717) is 23.4 Å². The molecule has 3 aromatic heterocycles. The number of hydrogen-bond donors (Lipinski definition) is 1. The number of pyridine rings is 1. The first-order valence-electron chi connectivity index (χ1n) is 8.52. The van der Waals surface area contributed by atoms with Crippen LogP contribution < -0.4 is 5.32 Å². The molecule has 0 fully saturated rings. The van der Waals surface area contributed by atoms with Crippen molar-refractivity contribution in [1.29, 1.82) is 0 Å². The molecule has 1 N–H and O–H groups in total. The van der Waals surface area contributed by atoms with E-state index in [4.69, 9.17) is 11.6 Å². The van der Waals surface area contributed by atoms with Crippen molar-refractivity contribution in [1.82, 2.24) is 24.5 Å². The molecule has 1 aromatic carbocycles. The average Bonchev–Trinajstić information content (AvgIpc) is 3.08. The summed E-state index contributed by atoms with van der Waals surface area (Å²) in [6.07, 6.45) is -0.257. The molecule has 0 amide bonds. The lowest BCUT2D eigenvalue weighted by atomic mass is 10.1. The van der Waals surface area contributed by atoms with Gasteiger partial charge in [-0.25, -0.2) is 15.0 Å². The number of alkyl halides is 3. The zero-order chi connectivity index (χ0) is 20.6. The van der Waals surface area contributed by atoms with E-state index in [0.717, 1.165) is 17.1 Å². The van der Waals surface area contributed by atoms with Gasteiger partial charge in [0.1, 0.15) is 11.6 Å². The van der Waals surface area contributed by atoms with E-state index in [1.54, 1.807) is 30.6 Å². The average molecular weight is 419 g/mol. The smallest absolute Gasteiger partial charge is 0.365 e. The fraction of sp³-hybridized carbons (Fsp3) is 0.158. The van der Waals surface area contributed by atoms with Gasteiger partial charge < -0.3 is 9.88 Å². The highest BCUT2D eigenvalue weighted by atomic mass is 35.5. The third-order valence-corrected chi connectivity index (χ3v) is 4.48. The number of imidazole rings is 1. The van der Waals surface area contributed by atoms with Crippen LogP contribution in [0.3, 0.4) is 0 Å². The Hall–Kier alpha value is -3.20. The van der Waals surface area contributed by atoms with Gasteiger partial charge in [0.25, 0.3) is 0 Å². The molecule has 0 aliphatic carbocycles. The largest absolute Gasteiger partial charge is 0.434 e. The molecule has 0 spiro atoms. The number of hydrogen-bond acceptors (Lipinski definition) is 5. The molecule has 0 bridgehead atoms. The number of anilines is 1. The molecule has 29 heavy (non-hydrogen) atoms. The van der Waals surface area contributed by atoms with Crippen LogP contribution in [0.15, 0.2) is 48.9 Å². The molecule has 0 saturated carbocycles. The maximum absolute atomic E-state index is 12.9. The summed E-state index contributed by atoms with van der Waals surface area (Å²) >= 11 is 5.96. The van der Waals surface area contributed by atoms with Crippen LogP contribution in [0.2, 0.25) is 5.28 Å². The van der Waals surface area contributed by atoms with E-state index in [-0.39, 0.29) is 11.1 Å². The topological polar surface area (TPSA) is 68.5 Å². The van der Waals surface area contributed by atoms with E-state index in [1.165, 1.54) is 11.6 Å². The molecule has 10 heteroatoms. The predicted molar refractivity (Wildman–Crippen MR) is 103 cm³/mol. The number of fused-ring (bicyclic) bond motifs is 1. The zero-order valence-corrected chi connectivity index (χ0v) is 15.8. The van der Waals surface area contributed by atoms with Gasteiger partial charge in [0.15, 0.2) is 5.69 Å². The van der Waals surface area contributed by atoms with E-state index in [9.17, 15) is 13.2 Å². The predicted octanol–water partition coefficient (Wildman–Crippen LogP) is 4.71. The second-order valence-corrected chi connectivity index (χ2v) is 6.68. The highest BCUT2D eigenvalue weighted by Gasteiger charge is 2.34. The van der Waals surface area contributed by atoms with E-state index in [1.807, 2.05) is 12.1 Å². The first kappa shape index (κ1) is 19.1. The van der Waals surface area contributed by atoms with Gasteiger partial charge in [-0.15, -0.1) is 0 Å². The Balaban J connectivity index is 1.54. The number of aryl methyl sites for hydroxylation is 1. The Labute approximate surface area is 168 Å². The van der Waals surface area contributed by atoms with Gasteiger partial charge >= 0.3 is 6.18 Å². The minimum Gasteiger partial charge on any atom is -0.365 e. The van der Waals surface area contributed by atoms with Crippen LogP contribution in [0.25, 0.3) is 22.3 Å². The first-order chi connectivity index (χ1) is 13.8. The fourth-order valence-corrected chi connectivity index (χ4v) is 3.09. The minimum atomic E-state index is -4.48. The van der Waals surface area contributed by atoms with Crippen molar-refractivity contribution in [3.8, 4) is 11.4 Å². The second kappa shape index (κ2) is 7.32. The molecular formula is C19H14ClF3N6. The Morgan fingerprint density at radius 1 is 1.07 bits per heavy atom. The van der Waals surface area contributed by atoms with Crippen molar-refractivity contribution >= 4 is 28.3 Å². The number of nitrogens with zero attached hydrogens (tertiary/aromatic N) is 5. The third kappa shape index (κ3) is 4.00. The molecule has 3 heterocycles. The maximum atomic E-state index is 12.9. The Bertz CT molecular complexity index is 1170. The highest BCUT2D eigenvalue weighted by Crippen LogP contribution is 2.30. The molecule has 0 radical (unpaired) electrons. The van der Waals surface area contributed by atoms with Crippen molar-refractivity contribution in [3.63, 3.8) is 0 Å². The number of benzene rings is 1. The summed E-state index contributed by atoms with van der Waals surface area (Å²) in [7, 11) is 1.53. The van der Waals surface area contributed by atoms with Gasteiger partial charge in [0, 0.05) is 36.9 Å². The SMILES string of the molecule is Cn1cc(C(F)(F)F)nc1-c1ccc(CNc2nc(Cl)nc3cnccc23)cc1. The van der Waals surface area contributed by atoms with Gasteiger partial charge in [-0.1, -0.05) is 24.3 Å². The van der Waals surface area contributed by atoms with Crippen LogP contribution in [0.5, 0.6) is 0 Å². The lowest BCUT2D eigenvalue weighted by Gasteiger charge is -2.09. The number of nitrogens with one attached hydrogen (secondary N) is 1. The second-order valence-electron chi connectivity index (χ2n) is 6.34. The molecule has 0 aliphatic heterocycles. The lowest BCUT2D eigenvalue weighted by Crippen LogP contribution is -2.05. The maximum Gasteiger partial charge on any atom is 0.434 e. The number of halogens is 4. The molecule has 0 saturated heterocycles. The molecule has 4 rings (SSSR count). The monoisotopic (exact) mass is 418 g/mol. The number of aromatic nitrogens is 5. The lowest BCUT2D eigenvalue weighted by molar-refractivity contribution is -0.140. The standard InChI is InChI=1S/C19H14ClF3N6/c1-29-10-15(19(21,22)23)27-17(29)12-4-2-11(3-5-12)8-25-16-13-6-7-24-9-14(13)26-18(20)28-16/h2-7,9-10H,8H2,1H3,(H,25,26,28). The summed E-state index contributed by atoms with van der Waals surface area (Å²) in [5.74, 6) is 0.823. The molecule has 0 atom stereocenters. The summed E-state index contributed by atoms with van der Waals surface area (Å²) in [5, 5.41) is 4.10. The summed E-state index contributed by atoms with van der Waals surface area (Å²) in [6, 6.07) is 8.88. The van der Waals surface area contributed by atoms with Crippen molar-refractivity contribution in [3.05, 3.63) is 65.5 Å². The van der Waals surface area contributed by atoms with Gasteiger partial charge in [0.2, 0.25) is 5.28 Å². The van der Waals surface area contributed by atoms with Crippen LogP contribution in [-0.4, -0.2) is 24.5 Å². The molecule has 0 unspecified atom stereocenters.